The number of nitro benzene ring substituents is 1. The predicted octanol–water partition coefficient (Wildman–Crippen LogP) is 3.78. The highest BCUT2D eigenvalue weighted by Gasteiger charge is 2.13. The average molecular weight is 292 g/mol. The van der Waals surface area contributed by atoms with Crippen LogP contribution in [0.3, 0.4) is 0 Å². The molecule has 20 heavy (non-hydrogen) atoms. The van der Waals surface area contributed by atoms with Crippen LogP contribution in [0.15, 0.2) is 42.5 Å². The number of nitrogens with zero attached hydrogens (tertiary/aromatic N) is 1. The molecule has 0 aromatic heterocycles. The summed E-state index contributed by atoms with van der Waals surface area (Å²) >= 11 is 5.87. The molecule has 0 unspecified atom stereocenters. The molecule has 2 rings (SSSR count). The highest BCUT2D eigenvalue weighted by Crippen LogP contribution is 2.22. The summed E-state index contributed by atoms with van der Waals surface area (Å²) in [5.74, 6) is -0.321. The van der Waals surface area contributed by atoms with Gasteiger partial charge in [0.2, 0.25) is 0 Å². The fourth-order valence-electron chi connectivity index (χ4n) is 1.59. The molecular weight excluding hydrogens is 282 g/mol. The summed E-state index contributed by atoms with van der Waals surface area (Å²) in [6.07, 6.45) is 0. The Morgan fingerprint density at radius 3 is 2.65 bits per heavy atom. The lowest BCUT2D eigenvalue weighted by molar-refractivity contribution is -0.384. The van der Waals surface area contributed by atoms with Crippen LogP contribution in [0.4, 0.5) is 5.69 Å². The number of hydrogen-bond donors (Lipinski definition) is 0. The fourth-order valence-corrected chi connectivity index (χ4v) is 1.71. The fraction of sp³-hybridized carbons (Fsp3) is 0.0714. The summed E-state index contributed by atoms with van der Waals surface area (Å²) in [5, 5.41) is 11.2. The number of nitro groups is 1. The van der Waals surface area contributed by atoms with Crippen molar-refractivity contribution in [2.75, 3.05) is 0 Å². The minimum atomic E-state index is -0.657. The van der Waals surface area contributed by atoms with Gasteiger partial charge in [-0.25, -0.2) is 4.79 Å². The van der Waals surface area contributed by atoms with Gasteiger partial charge in [0.05, 0.1) is 10.5 Å². The second kappa shape index (κ2) is 5.71. The first kappa shape index (κ1) is 14.0. The molecule has 0 N–H and O–H groups in total. The van der Waals surface area contributed by atoms with Gasteiger partial charge in [-0.05, 0) is 36.8 Å². The van der Waals surface area contributed by atoms with Crippen LogP contribution < -0.4 is 4.74 Å². The first-order chi connectivity index (χ1) is 9.47. The van der Waals surface area contributed by atoms with Gasteiger partial charge < -0.3 is 4.74 Å². The monoisotopic (exact) mass is 291 g/mol. The molecule has 0 saturated heterocycles. The molecule has 2 aromatic carbocycles. The lowest BCUT2D eigenvalue weighted by Gasteiger charge is -2.06. The molecule has 5 nitrogen and oxygen atoms in total. The number of non-ortho nitro benzene ring substituents is 1. The largest absolute Gasteiger partial charge is 0.423 e. The molecule has 0 heterocycles. The zero-order chi connectivity index (χ0) is 14.7. The molecule has 0 amide bonds. The number of esters is 1. The van der Waals surface area contributed by atoms with E-state index in [0.29, 0.717) is 10.8 Å². The van der Waals surface area contributed by atoms with Gasteiger partial charge in [-0.1, -0.05) is 17.7 Å². The van der Waals surface area contributed by atoms with Crippen molar-refractivity contribution in [3.8, 4) is 5.75 Å². The molecule has 0 spiro atoms. The summed E-state index contributed by atoms with van der Waals surface area (Å²) in [4.78, 5) is 22.0. The van der Waals surface area contributed by atoms with Crippen molar-refractivity contribution in [2.24, 2.45) is 0 Å². The van der Waals surface area contributed by atoms with E-state index in [1.54, 1.807) is 25.1 Å². The number of carbonyl (C=O) groups is 1. The SMILES string of the molecule is Cc1cc(OC(=O)c2cccc([N+](=O)[O-])c2)ccc1Cl. The Labute approximate surface area is 119 Å². The highest BCUT2D eigenvalue weighted by atomic mass is 35.5. The van der Waals surface area contributed by atoms with Crippen LogP contribution in [0.2, 0.25) is 5.02 Å². The third-order valence-electron chi connectivity index (χ3n) is 2.63. The smallest absolute Gasteiger partial charge is 0.343 e. The zero-order valence-electron chi connectivity index (χ0n) is 10.5. The molecule has 0 aliphatic heterocycles. The van der Waals surface area contributed by atoms with Gasteiger partial charge in [0.1, 0.15) is 5.75 Å². The number of halogens is 1. The maximum atomic E-state index is 11.9. The van der Waals surface area contributed by atoms with Crippen LogP contribution in [0.5, 0.6) is 5.75 Å². The van der Waals surface area contributed by atoms with Crippen molar-refractivity contribution in [3.05, 3.63) is 68.7 Å². The Bertz CT molecular complexity index is 685. The first-order valence-electron chi connectivity index (χ1n) is 5.70. The summed E-state index contributed by atoms with van der Waals surface area (Å²) < 4.78 is 5.15. The van der Waals surface area contributed by atoms with Gasteiger partial charge in [-0.2, -0.15) is 0 Å². The lowest BCUT2D eigenvalue weighted by atomic mass is 10.2. The quantitative estimate of drug-likeness (QED) is 0.373. The number of hydrogen-bond acceptors (Lipinski definition) is 4. The normalized spacial score (nSPS) is 10.1. The third kappa shape index (κ3) is 3.13. The molecule has 0 aliphatic carbocycles. The van der Waals surface area contributed by atoms with Gasteiger partial charge in [-0.3, -0.25) is 10.1 Å². The minimum absolute atomic E-state index is 0.117. The second-order valence-electron chi connectivity index (χ2n) is 4.11. The summed E-state index contributed by atoms with van der Waals surface area (Å²) in [6, 6.07) is 10.2. The van der Waals surface area contributed by atoms with Crippen LogP contribution in [-0.4, -0.2) is 10.9 Å². The molecule has 0 atom stereocenters. The van der Waals surface area contributed by atoms with E-state index in [1.165, 1.54) is 24.3 Å². The minimum Gasteiger partial charge on any atom is -0.423 e. The molecule has 2 aromatic rings. The standard InChI is InChI=1S/C14H10ClNO4/c1-9-7-12(5-6-13(9)15)20-14(17)10-3-2-4-11(8-10)16(18)19/h2-8H,1H3. The van der Waals surface area contributed by atoms with Crippen molar-refractivity contribution in [3.63, 3.8) is 0 Å². The molecule has 0 fully saturated rings. The molecule has 102 valence electrons. The Kier molecular flexibility index (Phi) is 4.00. The van der Waals surface area contributed by atoms with E-state index >= 15 is 0 Å². The van der Waals surface area contributed by atoms with Gasteiger partial charge in [0.25, 0.3) is 5.69 Å². The van der Waals surface area contributed by atoms with Crippen LogP contribution >= 0.6 is 11.6 Å². The first-order valence-corrected chi connectivity index (χ1v) is 6.08. The lowest BCUT2D eigenvalue weighted by Crippen LogP contribution is -2.08. The highest BCUT2D eigenvalue weighted by molar-refractivity contribution is 6.31. The van der Waals surface area contributed by atoms with Gasteiger partial charge >= 0.3 is 5.97 Å². The number of ether oxygens (including phenoxy) is 1. The Hall–Kier alpha value is -2.40. The van der Waals surface area contributed by atoms with Crippen molar-refractivity contribution in [2.45, 2.75) is 6.92 Å². The molecule has 0 radical (unpaired) electrons. The maximum absolute atomic E-state index is 11.9. The van der Waals surface area contributed by atoms with E-state index < -0.39 is 10.9 Å². The van der Waals surface area contributed by atoms with E-state index in [-0.39, 0.29) is 11.3 Å². The van der Waals surface area contributed by atoms with Crippen LogP contribution in [0, 0.1) is 17.0 Å². The summed E-state index contributed by atoms with van der Waals surface area (Å²) in [7, 11) is 0. The van der Waals surface area contributed by atoms with Gasteiger partial charge in [0, 0.05) is 17.2 Å². The number of aryl methyl sites for hydroxylation is 1. The Morgan fingerprint density at radius 2 is 2.00 bits per heavy atom. The molecule has 0 bridgehead atoms. The van der Waals surface area contributed by atoms with Gasteiger partial charge in [0.15, 0.2) is 0 Å². The summed E-state index contributed by atoms with van der Waals surface area (Å²) in [6.45, 7) is 1.78. The van der Waals surface area contributed by atoms with Crippen molar-refractivity contribution >= 4 is 23.3 Å². The number of rotatable bonds is 3. The molecule has 0 aliphatic rings. The number of carbonyl (C=O) groups excluding carboxylic acids is 1. The third-order valence-corrected chi connectivity index (χ3v) is 3.06. The molecular formula is C14H10ClNO4. The second-order valence-corrected chi connectivity index (χ2v) is 4.52. The van der Waals surface area contributed by atoms with Crippen LogP contribution in [0.1, 0.15) is 15.9 Å². The van der Waals surface area contributed by atoms with Crippen LogP contribution in [-0.2, 0) is 0 Å². The Balaban J connectivity index is 2.21. The zero-order valence-corrected chi connectivity index (χ0v) is 11.3. The van der Waals surface area contributed by atoms with E-state index in [0.717, 1.165) is 5.56 Å². The Morgan fingerprint density at radius 1 is 1.25 bits per heavy atom. The van der Waals surface area contributed by atoms with E-state index in [1.807, 2.05) is 0 Å². The van der Waals surface area contributed by atoms with Crippen LogP contribution in [0.25, 0.3) is 0 Å². The van der Waals surface area contributed by atoms with E-state index in [4.69, 9.17) is 16.3 Å². The van der Waals surface area contributed by atoms with E-state index in [9.17, 15) is 14.9 Å². The predicted molar refractivity (Wildman–Crippen MR) is 74.2 cm³/mol. The maximum Gasteiger partial charge on any atom is 0.343 e. The average Bonchev–Trinajstić information content (AvgIpc) is 2.43. The number of benzene rings is 2. The molecule has 0 saturated carbocycles. The molecule has 6 heteroatoms. The topological polar surface area (TPSA) is 69.4 Å². The van der Waals surface area contributed by atoms with Crippen molar-refractivity contribution < 1.29 is 14.5 Å². The van der Waals surface area contributed by atoms with Crippen molar-refractivity contribution in [1.82, 2.24) is 0 Å². The summed E-state index contributed by atoms with van der Waals surface area (Å²) in [5.41, 5.74) is 0.731. The van der Waals surface area contributed by atoms with E-state index in [2.05, 4.69) is 0 Å². The van der Waals surface area contributed by atoms with Crippen molar-refractivity contribution in [1.29, 1.82) is 0 Å². The van der Waals surface area contributed by atoms with Gasteiger partial charge in [-0.15, -0.1) is 0 Å².